The van der Waals surface area contributed by atoms with Crippen LogP contribution >= 0.6 is 15.9 Å². The maximum absolute atomic E-state index is 12.7. The highest BCUT2D eigenvalue weighted by Crippen LogP contribution is 2.35. The lowest BCUT2D eigenvalue weighted by Crippen LogP contribution is -2.33. The van der Waals surface area contributed by atoms with Gasteiger partial charge in [-0.25, -0.2) is 0 Å². The van der Waals surface area contributed by atoms with Crippen LogP contribution in [0.1, 0.15) is 42.6 Å². The maximum atomic E-state index is 12.7. The van der Waals surface area contributed by atoms with Crippen molar-refractivity contribution in [2.24, 2.45) is 0 Å². The largest absolute Gasteiger partial charge is 0.417 e. The Balaban J connectivity index is 2.99. The molecule has 0 atom stereocenters. The van der Waals surface area contributed by atoms with E-state index in [4.69, 9.17) is 0 Å². The summed E-state index contributed by atoms with van der Waals surface area (Å²) in [4.78, 5) is 11.9. The Morgan fingerprint density at radius 2 is 1.89 bits per heavy atom. The summed E-state index contributed by atoms with van der Waals surface area (Å²) in [6.07, 6.45) is -3.00. The van der Waals surface area contributed by atoms with Crippen LogP contribution in [-0.4, -0.2) is 11.9 Å². The summed E-state index contributed by atoms with van der Waals surface area (Å²) in [6, 6.07) is 3.45. The first-order valence-electron chi connectivity index (χ1n) is 5.97. The third kappa shape index (κ3) is 4.23. The molecule has 106 valence electrons. The first-order valence-corrected chi connectivity index (χ1v) is 6.76. The molecule has 19 heavy (non-hydrogen) atoms. The predicted octanol–water partition coefficient (Wildman–Crippen LogP) is 4.39. The number of hydrogen-bond donors (Lipinski definition) is 1. The van der Waals surface area contributed by atoms with Gasteiger partial charge in [0.15, 0.2) is 0 Å². The number of nitrogens with one attached hydrogen (secondary N) is 1. The average Bonchev–Trinajstić information content (AvgIpc) is 2.34. The fourth-order valence-electron chi connectivity index (χ4n) is 1.65. The molecule has 2 nitrogen and oxygen atoms in total. The Hall–Kier alpha value is -1.04. The Morgan fingerprint density at radius 1 is 1.32 bits per heavy atom. The number of carbonyl (C=O) groups excluding carboxylic acids is 1. The topological polar surface area (TPSA) is 29.1 Å². The van der Waals surface area contributed by atoms with Gasteiger partial charge in [-0.3, -0.25) is 4.79 Å². The zero-order valence-corrected chi connectivity index (χ0v) is 12.2. The number of alkyl halides is 3. The van der Waals surface area contributed by atoms with Crippen LogP contribution in [0.5, 0.6) is 0 Å². The van der Waals surface area contributed by atoms with Crippen molar-refractivity contribution in [2.45, 2.75) is 38.9 Å². The molecule has 0 saturated heterocycles. The van der Waals surface area contributed by atoms with Crippen molar-refractivity contribution >= 4 is 21.8 Å². The van der Waals surface area contributed by atoms with Gasteiger partial charge in [-0.05, 0) is 31.0 Å². The third-order valence-corrected chi connectivity index (χ3v) is 3.55. The molecular weight excluding hydrogens is 323 g/mol. The number of amides is 1. The molecule has 6 heteroatoms. The van der Waals surface area contributed by atoms with E-state index in [1.54, 1.807) is 0 Å². The van der Waals surface area contributed by atoms with Crippen LogP contribution in [0, 0.1) is 0 Å². The molecule has 0 unspecified atom stereocenters. The van der Waals surface area contributed by atoms with E-state index in [-0.39, 0.29) is 16.1 Å². The molecular formula is C13H15BrF3NO. The van der Waals surface area contributed by atoms with E-state index < -0.39 is 17.6 Å². The number of halogens is 4. The Morgan fingerprint density at radius 3 is 2.37 bits per heavy atom. The second-order valence-corrected chi connectivity index (χ2v) is 5.03. The lowest BCUT2D eigenvalue weighted by Gasteiger charge is -2.16. The van der Waals surface area contributed by atoms with E-state index in [0.717, 1.165) is 18.9 Å². The van der Waals surface area contributed by atoms with Crippen molar-refractivity contribution in [3.63, 3.8) is 0 Å². The number of carbonyl (C=O) groups is 1. The van der Waals surface area contributed by atoms with Crippen LogP contribution in [0.15, 0.2) is 22.7 Å². The summed E-state index contributed by atoms with van der Waals surface area (Å²) >= 11 is 2.84. The third-order valence-electron chi connectivity index (χ3n) is 2.85. The summed E-state index contributed by atoms with van der Waals surface area (Å²) in [5, 5.41) is 2.71. The molecule has 0 fully saturated rings. The van der Waals surface area contributed by atoms with E-state index in [0.29, 0.717) is 0 Å². The first kappa shape index (κ1) is 16.0. The van der Waals surface area contributed by atoms with Crippen LogP contribution in [0.25, 0.3) is 0 Å². The van der Waals surface area contributed by atoms with Crippen LogP contribution in [0.3, 0.4) is 0 Å². The van der Waals surface area contributed by atoms with E-state index in [9.17, 15) is 18.0 Å². The molecule has 0 saturated carbocycles. The molecule has 0 aromatic heterocycles. The lowest BCUT2D eigenvalue weighted by atomic mass is 10.1. The number of benzene rings is 1. The zero-order valence-electron chi connectivity index (χ0n) is 10.6. The van der Waals surface area contributed by atoms with Gasteiger partial charge in [-0.2, -0.15) is 13.2 Å². The minimum absolute atomic E-state index is 0.0161. The van der Waals surface area contributed by atoms with Crippen molar-refractivity contribution < 1.29 is 18.0 Å². The maximum Gasteiger partial charge on any atom is 0.417 e. The molecule has 1 aromatic carbocycles. The smallest absolute Gasteiger partial charge is 0.349 e. The van der Waals surface area contributed by atoms with Crippen LogP contribution in [0.2, 0.25) is 0 Å². The summed E-state index contributed by atoms with van der Waals surface area (Å²) in [5.41, 5.74) is -0.827. The van der Waals surface area contributed by atoms with Crippen molar-refractivity contribution in [1.82, 2.24) is 5.32 Å². The van der Waals surface area contributed by atoms with Crippen molar-refractivity contribution in [3.05, 3.63) is 33.8 Å². The molecule has 1 amide bonds. The Kier molecular flexibility index (Phi) is 5.40. The van der Waals surface area contributed by atoms with E-state index >= 15 is 0 Å². The van der Waals surface area contributed by atoms with Gasteiger partial charge in [0.1, 0.15) is 0 Å². The number of rotatable bonds is 4. The summed E-state index contributed by atoms with van der Waals surface area (Å²) in [5.74, 6) is -0.480. The van der Waals surface area contributed by atoms with Gasteiger partial charge in [0.05, 0.1) is 5.56 Å². The molecule has 0 spiro atoms. The molecule has 1 N–H and O–H groups in total. The fraction of sp³-hybridized carbons (Fsp3) is 0.462. The summed E-state index contributed by atoms with van der Waals surface area (Å²) < 4.78 is 38.1. The quantitative estimate of drug-likeness (QED) is 0.867. The minimum Gasteiger partial charge on any atom is -0.349 e. The van der Waals surface area contributed by atoms with E-state index in [1.165, 1.54) is 12.1 Å². The minimum atomic E-state index is -4.48. The van der Waals surface area contributed by atoms with E-state index in [1.807, 2.05) is 13.8 Å². The van der Waals surface area contributed by atoms with E-state index in [2.05, 4.69) is 21.2 Å². The first-order chi connectivity index (χ1) is 8.79. The molecule has 1 aromatic rings. The summed E-state index contributed by atoms with van der Waals surface area (Å²) in [7, 11) is 0. The molecule has 0 aliphatic rings. The molecule has 0 heterocycles. The van der Waals surface area contributed by atoms with Crippen molar-refractivity contribution in [1.29, 1.82) is 0 Å². The number of hydrogen-bond acceptors (Lipinski definition) is 1. The standard InChI is InChI=1S/C13H15BrF3NO/c1-3-9(4-2)18-12(19)8-5-6-11(14)10(7-8)13(15,16)17/h5-7,9H,3-4H2,1-2H3,(H,18,19). The highest BCUT2D eigenvalue weighted by atomic mass is 79.9. The van der Waals surface area contributed by atoms with Crippen molar-refractivity contribution in [2.75, 3.05) is 0 Å². The van der Waals surface area contributed by atoms with Gasteiger partial charge < -0.3 is 5.32 Å². The van der Waals surface area contributed by atoms with Crippen LogP contribution < -0.4 is 5.32 Å². The molecule has 0 bridgehead atoms. The molecule has 0 aliphatic carbocycles. The second kappa shape index (κ2) is 6.41. The Labute approximate surface area is 118 Å². The normalized spacial score (nSPS) is 11.7. The monoisotopic (exact) mass is 337 g/mol. The molecule has 1 rings (SSSR count). The van der Waals surface area contributed by atoms with Crippen LogP contribution in [-0.2, 0) is 6.18 Å². The van der Waals surface area contributed by atoms with Gasteiger partial charge in [0.2, 0.25) is 0 Å². The Bertz CT molecular complexity index is 456. The average molecular weight is 338 g/mol. The second-order valence-electron chi connectivity index (χ2n) is 4.18. The van der Waals surface area contributed by atoms with Gasteiger partial charge in [0.25, 0.3) is 5.91 Å². The predicted molar refractivity (Wildman–Crippen MR) is 71.0 cm³/mol. The van der Waals surface area contributed by atoms with Crippen molar-refractivity contribution in [3.8, 4) is 0 Å². The fourth-order valence-corrected chi connectivity index (χ4v) is 2.12. The van der Waals surface area contributed by atoms with Gasteiger partial charge in [-0.1, -0.05) is 29.8 Å². The highest BCUT2D eigenvalue weighted by molar-refractivity contribution is 9.10. The van der Waals surface area contributed by atoms with Gasteiger partial charge in [0, 0.05) is 16.1 Å². The van der Waals surface area contributed by atoms with Gasteiger partial charge >= 0.3 is 6.18 Å². The summed E-state index contributed by atoms with van der Waals surface area (Å²) in [6.45, 7) is 3.83. The zero-order chi connectivity index (χ0) is 14.6. The van der Waals surface area contributed by atoms with Gasteiger partial charge in [-0.15, -0.1) is 0 Å². The highest BCUT2D eigenvalue weighted by Gasteiger charge is 2.33. The lowest BCUT2D eigenvalue weighted by molar-refractivity contribution is -0.138. The van der Waals surface area contributed by atoms with Crippen LogP contribution in [0.4, 0.5) is 13.2 Å². The SMILES string of the molecule is CCC(CC)NC(=O)c1ccc(Br)c(C(F)(F)F)c1. The molecule has 0 radical (unpaired) electrons. The molecule has 0 aliphatic heterocycles.